The second-order valence-corrected chi connectivity index (χ2v) is 20.4. The standard InChI is InChI=1S/C14H10N3.C12H7F6N2.C12H13N2.C11H7N4O.C11H8N3.C10H8N3O2.6Ir/c1-2-5-12(6-3-1)14-16-9-10-17(14)13-7-4-8-15-11-13;1-20-3-2-19-10(20)7-4-8(11(13,14)15)6-9(5-7)12(16,17)18;1-9-4-5-11(10(2)8-9)12-13-6-7-14(12)3;1-2-4-9(5-3-1)10-12-6-7-15(10)11-14-13-8-16-11;1-12-10-5-3-4-9(8-10)11-13-6-7-14(11)2;1-12-6-5-11-10(12)8-3-2-4-9(7-8)13(14)15;;;;;;/h1-5,7-11H;2-4,6H,1H3;4,6-8H,1-3H3;1-4,6-8H;3,5-8H,2H3;2,4-7H,1H3;;;;;;/q6*-1;;;;;;. The van der Waals surface area contributed by atoms with Gasteiger partial charge in [-0.1, -0.05) is 31.1 Å². The molecule has 0 atom stereocenters. The molecule has 0 aliphatic heterocycles. The minimum atomic E-state index is -4.92. The number of alkyl halides is 6. The Balaban J connectivity index is 0.000000316. The van der Waals surface area contributed by atoms with Gasteiger partial charge in [0.25, 0.3) is 0 Å². The fraction of sp³-hybridized carbons (Fsp3) is 0.114. The third kappa shape index (κ3) is 23.6. The fourth-order valence-corrected chi connectivity index (χ4v) is 9.04. The van der Waals surface area contributed by atoms with E-state index in [1.807, 2.05) is 139 Å². The number of pyridine rings is 1. The van der Waals surface area contributed by atoms with Crippen LogP contribution in [0.4, 0.5) is 37.7 Å². The molecule has 6 aromatic carbocycles. The number of aromatic nitrogens is 15. The first-order valence-corrected chi connectivity index (χ1v) is 28.5. The van der Waals surface area contributed by atoms with Crippen LogP contribution < -0.4 is 0 Å². The van der Waals surface area contributed by atoms with Crippen molar-refractivity contribution >= 4 is 11.4 Å². The SMILES string of the molecule is Cc1c[c-]c(-c2nccn2C)c(C)c1.Cn1ccnc1-c1[c-]c(C(F)(F)F)cc(C(F)(F)F)c1.Cn1ccnc1-c1[c-]ccc([N+](=O)[O-])c1.[C-]#[N+]c1cc[c-]c(-c2nccn2C)c1.[Ir].[Ir].[Ir].[Ir].[Ir].[Ir].[c-]1ccccc1-c1nccn1-c1cccnc1.[c-]1ccccc1-c1nccn1-c1nnco1. The van der Waals surface area contributed by atoms with E-state index in [1.54, 1.807) is 70.7 Å². The van der Waals surface area contributed by atoms with Crippen molar-refractivity contribution < 1.29 is 156 Å². The van der Waals surface area contributed by atoms with Crippen molar-refractivity contribution in [1.29, 1.82) is 0 Å². The maximum absolute atomic E-state index is 12.7. The quantitative estimate of drug-likeness (QED) is 0.0573. The zero-order valence-corrected chi connectivity index (χ0v) is 68.2. The number of aryl methyl sites for hydroxylation is 6. The molecule has 0 bridgehead atoms. The van der Waals surface area contributed by atoms with Crippen molar-refractivity contribution in [3.05, 3.63) is 295 Å². The van der Waals surface area contributed by atoms with Crippen LogP contribution in [0.5, 0.6) is 0 Å². The Morgan fingerprint density at radius 2 is 1.02 bits per heavy atom. The summed E-state index contributed by atoms with van der Waals surface area (Å²) in [4.78, 5) is 42.6. The van der Waals surface area contributed by atoms with Gasteiger partial charge in [-0.25, -0.2) is 0 Å². The number of non-ortho nitro benzene ring substituents is 1. The van der Waals surface area contributed by atoms with E-state index in [1.165, 1.54) is 59.7 Å². The van der Waals surface area contributed by atoms with Crippen LogP contribution in [0.3, 0.4) is 0 Å². The Morgan fingerprint density at radius 3 is 1.48 bits per heavy atom. The molecule has 8 aromatic heterocycles. The van der Waals surface area contributed by atoms with Gasteiger partial charge in [-0.3, -0.25) is 54.4 Å². The minimum Gasteiger partial charge on any atom is -0.411 e. The van der Waals surface area contributed by atoms with Crippen LogP contribution in [-0.2, 0) is 161 Å². The number of imidazole rings is 6. The maximum atomic E-state index is 12.7. The van der Waals surface area contributed by atoms with Crippen LogP contribution in [0.25, 0.3) is 84.9 Å². The van der Waals surface area contributed by atoms with Crippen LogP contribution in [-0.4, -0.2) is 77.4 Å². The monoisotopic (exact) mass is 2450 g/mol. The summed E-state index contributed by atoms with van der Waals surface area (Å²) in [6.45, 7) is 11.1. The second kappa shape index (κ2) is 41.4. The number of nitro groups is 1. The molecule has 0 unspecified atom stereocenters. The Kier molecular flexibility index (Phi) is 35.5. The number of halogens is 6. The topological polar surface area (TPSA) is 206 Å². The normalized spacial score (nSPS) is 10.1. The molecule has 6 radical (unpaired) electrons. The fourth-order valence-electron chi connectivity index (χ4n) is 9.04. The molecule has 0 saturated heterocycles. The summed E-state index contributed by atoms with van der Waals surface area (Å²) in [7, 11) is 7.20. The zero-order valence-electron chi connectivity index (χ0n) is 53.8. The van der Waals surface area contributed by atoms with Gasteiger partial charge in [-0.05, 0) is 23.3 Å². The minimum absolute atomic E-state index is 0. The van der Waals surface area contributed by atoms with Gasteiger partial charge in [0, 0.05) is 234 Å². The van der Waals surface area contributed by atoms with Crippen molar-refractivity contribution in [2.24, 2.45) is 28.2 Å². The molecule has 0 aliphatic carbocycles. The van der Waals surface area contributed by atoms with Gasteiger partial charge in [-0.15, -0.1) is 177 Å². The van der Waals surface area contributed by atoms with Crippen molar-refractivity contribution in [3.63, 3.8) is 0 Å². The van der Waals surface area contributed by atoms with E-state index in [2.05, 4.69) is 100 Å². The Hall–Kier alpha value is -8.76. The van der Waals surface area contributed by atoms with Crippen LogP contribution in [0, 0.1) is 66.9 Å². The summed E-state index contributed by atoms with van der Waals surface area (Å²) in [5.41, 5.74) is 5.30. The molecule has 0 saturated carbocycles. The molecule has 20 nitrogen and oxygen atoms in total. The summed E-state index contributed by atoms with van der Waals surface area (Å²) in [6, 6.07) is 51.6. The van der Waals surface area contributed by atoms with E-state index in [-0.39, 0.29) is 144 Å². The van der Waals surface area contributed by atoms with Crippen molar-refractivity contribution in [2.75, 3.05) is 0 Å². The molecule has 0 spiro atoms. The molecule has 0 N–H and O–H groups in total. The van der Waals surface area contributed by atoms with Crippen LogP contribution in [0.15, 0.2) is 219 Å². The molecule has 14 aromatic rings. The molecule has 0 aliphatic rings. The number of nitro benzene ring substituents is 1. The number of nitrogens with zero attached hydrogens (tertiary/aromatic N) is 17. The van der Waals surface area contributed by atoms with E-state index >= 15 is 0 Å². The van der Waals surface area contributed by atoms with Gasteiger partial charge >= 0.3 is 18.4 Å². The van der Waals surface area contributed by atoms with E-state index in [4.69, 9.17) is 11.0 Å². The summed E-state index contributed by atoms with van der Waals surface area (Å²) < 4.78 is 91.8. The van der Waals surface area contributed by atoms with Gasteiger partial charge in [0.2, 0.25) is 6.39 Å². The van der Waals surface area contributed by atoms with Crippen molar-refractivity contribution in [3.8, 4) is 80.0 Å². The predicted molar refractivity (Wildman–Crippen MR) is 344 cm³/mol. The van der Waals surface area contributed by atoms with Crippen LogP contribution in [0.2, 0.25) is 0 Å². The third-order valence-corrected chi connectivity index (χ3v) is 13.6. The molecule has 32 heteroatoms. The maximum Gasteiger partial charge on any atom is 0.399 e. The molecular weight excluding hydrogens is 2390 g/mol. The largest absolute Gasteiger partial charge is 0.411 e. The van der Waals surface area contributed by atoms with Gasteiger partial charge in [0.15, 0.2) is 5.69 Å². The first kappa shape index (κ1) is 87.5. The van der Waals surface area contributed by atoms with Gasteiger partial charge in [-0.2, -0.15) is 32.4 Å². The molecular formula is C70H53F6Ir6N17O3-6. The predicted octanol–water partition coefficient (Wildman–Crippen LogP) is 15.1. The van der Waals surface area contributed by atoms with Gasteiger partial charge in [0.1, 0.15) is 5.69 Å². The summed E-state index contributed by atoms with van der Waals surface area (Å²) >= 11 is 0. The van der Waals surface area contributed by atoms with Gasteiger partial charge < -0.3 is 27.3 Å². The Morgan fingerprint density at radius 1 is 0.520 bits per heavy atom. The molecule has 0 amide bonds. The summed E-state index contributed by atoms with van der Waals surface area (Å²) in [5.74, 6) is 4.04. The number of hydrogen-bond donors (Lipinski definition) is 0. The van der Waals surface area contributed by atoms with E-state index in [0.29, 0.717) is 29.2 Å². The smallest absolute Gasteiger partial charge is 0.399 e. The number of hydrogen-bond acceptors (Lipinski definition) is 12. The first-order chi connectivity index (χ1) is 46.2. The van der Waals surface area contributed by atoms with Crippen LogP contribution in [0.1, 0.15) is 22.3 Å². The zero-order chi connectivity index (χ0) is 68.4. The molecule has 102 heavy (non-hydrogen) atoms. The Labute approximate surface area is 663 Å². The molecule has 538 valence electrons. The second-order valence-electron chi connectivity index (χ2n) is 20.4. The third-order valence-electron chi connectivity index (χ3n) is 13.6. The van der Waals surface area contributed by atoms with Crippen LogP contribution >= 0.6 is 0 Å². The first-order valence-electron chi connectivity index (χ1n) is 28.5. The molecule has 8 heterocycles. The van der Waals surface area contributed by atoms with Crippen molar-refractivity contribution in [2.45, 2.75) is 26.2 Å². The Bertz CT molecular complexity index is 4780. The summed E-state index contributed by atoms with van der Waals surface area (Å²) in [6.07, 6.45) is 15.7. The van der Waals surface area contributed by atoms with E-state index in [0.717, 1.165) is 51.2 Å². The van der Waals surface area contributed by atoms with Gasteiger partial charge in [0.05, 0.1) is 53.4 Å². The summed E-state index contributed by atoms with van der Waals surface area (Å²) in [5, 5.41) is 18.0. The number of benzene rings is 6. The van der Waals surface area contributed by atoms with Crippen molar-refractivity contribution in [1.82, 2.24) is 72.5 Å². The average Bonchev–Trinajstić information content (AvgIpc) is 1.49. The average molecular weight is 2450 g/mol. The number of rotatable bonds is 9. The van der Waals surface area contributed by atoms with E-state index < -0.39 is 28.4 Å². The molecule has 14 rings (SSSR count). The van der Waals surface area contributed by atoms with E-state index in [9.17, 15) is 36.5 Å². The molecule has 0 fully saturated rings.